The molecule has 0 radical (unpaired) electrons. The SMILES string of the molecule is CNc1nccc2c1Cc1nc(Oc3cncc(F)c3)nc(N3CCC4(CC4N)C3)c1-2. The van der Waals surface area contributed by atoms with Gasteiger partial charge in [-0.2, -0.15) is 9.97 Å². The molecule has 0 aromatic carbocycles. The van der Waals surface area contributed by atoms with Crippen molar-refractivity contribution in [1.29, 1.82) is 0 Å². The number of aromatic nitrogens is 4. The van der Waals surface area contributed by atoms with Gasteiger partial charge < -0.3 is 20.7 Å². The Bertz CT molecular complexity index is 1200. The van der Waals surface area contributed by atoms with E-state index in [0.717, 1.165) is 66.1 Å². The zero-order chi connectivity index (χ0) is 21.2. The highest BCUT2D eigenvalue weighted by Crippen LogP contribution is 2.54. The molecule has 31 heavy (non-hydrogen) atoms. The summed E-state index contributed by atoms with van der Waals surface area (Å²) in [5.74, 6) is 1.47. The van der Waals surface area contributed by atoms with Crippen molar-refractivity contribution < 1.29 is 9.13 Å². The number of fused-ring (bicyclic) bond motifs is 3. The molecule has 3 aromatic rings. The third kappa shape index (κ3) is 2.91. The zero-order valence-electron chi connectivity index (χ0n) is 17.1. The van der Waals surface area contributed by atoms with Gasteiger partial charge in [-0.1, -0.05) is 0 Å². The number of nitrogens with zero attached hydrogens (tertiary/aromatic N) is 5. The Morgan fingerprint density at radius 2 is 2.19 bits per heavy atom. The fraction of sp³-hybridized carbons (Fsp3) is 0.364. The minimum Gasteiger partial charge on any atom is -0.422 e. The minimum atomic E-state index is -0.472. The first-order valence-electron chi connectivity index (χ1n) is 10.4. The summed E-state index contributed by atoms with van der Waals surface area (Å²) in [5, 5.41) is 3.17. The van der Waals surface area contributed by atoms with Gasteiger partial charge in [0, 0.05) is 61.4 Å². The maximum atomic E-state index is 13.6. The largest absolute Gasteiger partial charge is 0.422 e. The third-order valence-electron chi connectivity index (χ3n) is 6.68. The summed E-state index contributed by atoms with van der Waals surface area (Å²) in [4.78, 5) is 20.1. The van der Waals surface area contributed by atoms with Crippen LogP contribution in [0.25, 0.3) is 11.1 Å². The lowest BCUT2D eigenvalue weighted by molar-refractivity contribution is 0.433. The van der Waals surface area contributed by atoms with E-state index in [-0.39, 0.29) is 23.2 Å². The standard InChI is InChI=1S/C22H22FN7O/c1-25-19-15-7-16-18(14(15)2-4-27-19)20(30-5-3-22(11-30)8-17(22)24)29-21(28-16)31-13-6-12(23)9-26-10-13/h2,4,6,9-10,17H,3,5,7-8,11,24H2,1H3,(H,25,27). The van der Waals surface area contributed by atoms with Crippen LogP contribution >= 0.6 is 0 Å². The number of halogens is 1. The highest BCUT2D eigenvalue weighted by atomic mass is 19.1. The topological polar surface area (TPSA) is 102 Å². The van der Waals surface area contributed by atoms with Crippen LogP contribution in [0, 0.1) is 11.2 Å². The van der Waals surface area contributed by atoms with Gasteiger partial charge >= 0.3 is 6.01 Å². The van der Waals surface area contributed by atoms with Crippen LogP contribution < -0.4 is 20.7 Å². The molecule has 4 heterocycles. The van der Waals surface area contributed by atoms with E-state index in [4.69, 9.17) is 15.5 Å². The lowest BCUT2D eigenvalue weighted by Crippen LogP contribution is -2.24. The maximum absolute atomic E-state index is 13.6. The van der Waals surface area contributed by atoms with Gasteiger partial charge in [0.15, 0.2) is 5.75 Å². The Morgan fingerprint density at radius 1 is 1.32 bits per heavy atom. The molecule has 6 rings (SSSR count). The number of nitrogens with one attached hydrogen (secondary N) is 1. The van der Waals surface area contributed by atoms with Gasteiger partial charge in [-0.15, -0.1) is 0 Å². The molecule has 3 aromatic heterocycles. The van der Waals surface area contributed by atoms with Crippen molar-refractivity contribution in [1.82, 2.24) is 19.9 Å². The molecule has 2 unspecified atom stereocenters. The zero-order valence-corrected chi connectivity index (χ0v) is 17.1. The van der Waals surface area contributed by atoms with Gasteiger partial charge in [0.05, 0.1) is 18.1 Å². The molecule has 3 N–H and O–H groups in total. The van der Waals surface area contributed by atoms with Crippen LogP contribution in [0.2, 0.25) is 0 Å². The van der Waals surface area contributed by atoms with Crippen molar-refractivity contribution in [3.8, 4) is 22.9 Å². The van der Waals surface area contributed by atoms with Gasteiger partial charge in [-0.3, -0.25) is 4.98 Å². The molecule has 0 amide bonds. The Labute approximate surface area is 178 Å². The van der Waals surface area contributed by atoms with Crippen molar-refractivity contribution in [3.63, 3.8) is 0 Å². The lowest BCUT2D eigenvalue weighted by atomic mass is 10.1. The molecule has 0 bridgehead atoms. The highest BCUT2D eigenvalue weighted by molar-refractivity contribution is 5.87. The fourth-order valence-corrected chi connectivity index (χ4v) is 4.92. The van der Waals surface area contributed by atoms with Crippen LogP contribution in [0.3, 0.4) is 0 Å². The van der Waals surface area contributed by atoms with E-state index in [2.05, 4.69) is 25.2 Å². The first kappa shape index (κ1) is 18.4. The number of anilines is 2. The second-order valence-corrected chi connectivity index (χ2v) is 8.55. The fourth-order valence-electron chi connectivity index (χ4n) is 4.92. The number of pyridine rings is 2. The minimum absolute atomic E-state index is 0.189. The maximum Gasteiger partial charge on any atom is 0.324 e. The van der Waals surface area contributed by atoms with Crippen LogP contribution in [-0.2, 0) is 6.42 Å². The summed E-state index contributed by atoms with van der Waals surface area (Å²) < 4.78 is 19.4. The first-order chi connectivity index (χ1) is 15.1. The molecular formula is C22H22FN7O. The first-order valence-corrected chi connectivity index (χ1v) is 10.4. The van der Waals surface area contributed by atoms with Crippen LogP contribution in [0.4, 0.5) is 16.0 Å². The van der Waals surface area contributed by atoms with Gasteiger partial charge in [0.1, 0.15) is 17.5 Å². The summed E-state index contributed by atoms with van der Waals surface area (Å²) >= 11 is 0. The molecule has 2 aliphatic carbocycles. The summed E-state index contributed by atoms with van der Waals surface area (Å²) in [6, 6.07) is 3.73. The van der Waals surface area contributed by atoms with Crippen molar-refractivity contribution in [2.75, 3.05) is 30.4 Å². The van der Waals surface area contributed by atoms with Crippen molar-refractivity contribution in [2.45, 2.75) is 25.3 Å². The Hall–Kier alpha value is -3.33. The molecule has 158 valence electrons. The predicted octanol–water partition coefficient (Wildman–Crippen LogP) is 2.74. The van der Waals surface area contributed by atoms with Gasteiger partial charge in [0.25, 0.3) is 0 Å². The molecule has 2 atom stereocenters. The Balaban J connectivity index is 1.45. The van der Waals surface area contributed by atoms with Crippen molar-refractivity contribution >= 4 is 11.6 Å². The van der Waals surface area contributed by atoms with Crippen molar-refractivity contribution in [2.24, 2.45) is 11.1 Å². The van der Waals surface area contributed by atoms with Crippen LogP contribution in [0.1, 0.15) is 24.1 Å². The van der Waals surface area contributed by atoms with E-state index in [1.165, 1.54) is 12.3 Å². The Kier molecular flexibility index (Phi) is 3.92. The average Bonchev–Trinajstić information content (AvgIpc) is 3.08. The molecule has 9 heteroatoms. The quantitative estimate of drug-likeness (QED) is 0.521. The van der Waals surface area contributed by atoms with Crippen LogP contribution in [-0.4, -0.2) is 46.1 Å². The number of hydrogen-bond donors (Lipinski definition) is 2. The van der Waals surface area contributed by atoms with E-state index in [1.807, 2.05) is 13.1 Å². The van der Waals surface area contributed by atoms with Crippen LogP contribution in [0.5, 0.6) is 11.8 Å². The Morgan fingerprint density at radius 3 is 2.94 bits per heavy atom. The van der Waals surface area contributed by atoms with E-state index in [1.54, 1.807) is 6.20 Å². The van der Waals surface area contributed by atoms with Gasteiger partial charge in [0.2, 0.25) is 0 Å². The average molecular weight is 419 g/mol. The number of rotatable bonds is 4. The van der Waals surface area contributed by atoms with E-state index in [9.17, 15) is 4.39 Å². The van der Waals surface area contributed by atoms with Gasteiger partial charge in [-0.25, -0.2) is 9.37 Å². The molecule has 3 aliphatic rings. The normalized spacial score (nSPS) is 23.1. The number of hydrogen-bond acceptors (Lipinski definition) is 8. The number of nitrogens with two attached hydrogens (primary N) is 1. The van der Waals surface area contributed by atoms with Gasteiger partial charge in [-0.05, 0) is 24.5 Å². The summed E-state index contributed by atoms with van der Waals surface area (Å²) in [6.45, 7) is 1.76. The van der Waals surface area contributed by atoms with Crippen molar-refractivity contribution in [3.05, 3.63) is 47.8 Å². The number of ether oxygens (including phenoxy) is 1. The summed E-state index contributed by atoms with van der Waals surface area (Å²) in [5.41, 5.74) is 10.5. The summed E-state index contributed by atoms with van der Waals surface area (Å²) in [6.07, 6.45) is 7.12. The lowest BCUT2D eigenvalue weighted by Gasteiger charge is -2.21. The van der Waals surface area contributed by atoms with E-state index in [0.29, 0.717) is 6.42 Å². The third-order valence-corrected chi connectivity index (χ3v) is 6.68. The molecule has 1 saturated heterocycles. The van der Waals surface area contributed by atoms with E-state index >= 15 is 0 Å². The molecular weight excluding hydrogens is 397 g/mol. The molecule has 1 spiro atoms. The monoisotopic (exact) mass is 419 g/mol. The second kappa shape index (κ2) is 6.58. The predicted molar refractivity (Wildman–Crippen MR) is 114 cm³/mol. The molecule has 8 nitrogen and oxygen atoms in total. The summed E-state index contributed by atoms with van der Waals surface area (Å²) in [7, 11) is 1.86. The molecule has 1 saturated carbocycles. The molecule has 2 fully saturated rings. The van der Waals surface area contributed by atoms with E-state index < -0.39 is 5.82 Å². The second-order valence-electron chi connectivity index (χ2n) is 8.55. The smallest absolute Gasteiger partial charge is 0.324 e. The highest BCUT2D eigenvalue weighted by Gasteiger charge is 2.56. The molecule has 1 aliphatic heterocycles. The van der Waals surface area contributed by atoms with Crippen LogP contribution in [0.15, 0.2) is 30.7 Å².